The normalized spacial score (nSPS) is 28.9. The molecule has 0 unspecified atom stereocenters. The molecule has 2 fully saturated rings. The van der Waals surface area contributed by atoms with Crippen LogP contribution < -0.4 is 10.5 Å². The third-order valence-corrected chi connectivity index (χ3v) is 7.80. The second-order valence-corrected chi connectivity index (χ2v) is 9.66. The van der Waals surface area contributed by atoms with Crippen LogP contribution in [-0.4, -0.2) is 48.5 Å². The van der Waals surface area contributed by atoms with Crippen molar-refractivity contribution in [1.82, 2.24) is 19.5 Å². The van der Waals surface area contributed by atoms with E-state index in [4.69, 9.17) is 10.5 Å². The predicted octanol–water partition coefficient (Wildman–Crippen LogP) is 2.78. The first-order chi connectivity index (χ1) is 15.4. The standard InChI is InChI=1S/C23H22BrN5O3/c1-11-14-4-5-29(22(14)27-10-26-11)23-8-16(23)15(19(30)20(23)31)9-32-13-3-2-12-6-17(24)21(25)28-18(12)7-13/h2-7,10,15-16,19-20,30-31H,8-9H2,1H3,(H2,25,28)/t15-,16-,19+,20+,23-/m0/s1. The SMILES string of the molecule is Cc1ncnc2c1ccn2[C@@]12C[C@H]1[C@H](COc1ccc3cc(Br)c(N)nc3c1)[C@@H](O)[C@H]2O. The van der Waals surface area contributed by atoms with Crippen LogP contribution in [0.25, 0.3) is 21.9 Å². The summed E-state index contributed by atoms with van der Waals surface area (Å²) in [5.74, 6) is 0.985. The van der Waals surface area contributed by atoms with E-state index >= 15 is 0 Å². The molecule has 0 amide bonds. The van der Waals surface area contributed by atoms with Gasteiger partial charge in [0.1, 0.15) is 29.6 Å². The number of aryl methyl sites for hydroxylation is 1. The van der Waals surface area contributed by atoms with E-state index in [1.807, 2.05) is 48.0 Å². The minimum atomic E-state index is -0.887. The van der Waals surface area contributed by atoms with Crippen molar-refractivity contribution in [3.05, 3.63) is 53.0 Å². The highest BCUT2D eigenvalue weighted by Gasteiger charge is 2.72. The highest BCUT2D eigenvalue weighted by molar-refractivity contribution is 9.10. The number of nitrogens with two attached hydrogens (primary N) is 1. The van der Waals surface area contributed by atoms with E-state index in [9.17, 15) is 10.2 Å². The summed E-state index contributed by atoms with van der Waals surface area (Å²) in [7, 11) is 0. The Morgan fingerprint density at radius 1 is 1.25 bits per heavy atom. The number of pyridine rings is 1. The number of aromatic nitrogens is 4. The first-order valence-electron chi connectivity index (χ1n) is 10.5. The Bertz CT molecular complexity index is 1370. The maximum absolute atomic E-state index is 11.0. The monoisotopic (exact) mass is 495 g/mol. The number of benzene rings is 1. The molecule has 1 aromatic carbocycles. The van der Waals surface area contributed by atoms with Gasteiger partial charge in [0.2, 0.25) is 0 Å². The number of ether oxygens (including phenoxy) is 1. The lowest BCUT2D eigenvalue weighted by atomic mass is 10.0. The molecule has 6 rings (SSSR count). The van der Waals surface area contributed by atoms with Crippen LogP contribution in [0.4, 0.5) is 5.82 Å². The number of halogens is 1. The summed E-state index contributed by atoms with van der Waals surface area (Å²) in [6.45, 7) is 2.24. The van der Waals surface area contributed by atoms with E-state index in [1.54, 1.807) is 6.33 Å². The van der Waals surface area contributed by atoms with Gasteiger partial charge in [-0.15, -0.1) is 0 Å². The maximum Gasteiger partial charge on any atom is 0.144 e. The molecule has 4 aromatic rings. The van der Waals surface area contributed by atoms with E-state index < -0.39 is 17.7 Å². The van der Waals surface area contributed by atoms with Gasteiger partial charge < -0.3 is 25.3 Å². The molecule has 3 aromatic heterocycles. The van der Waals surface area contributed by atoms with E-state index in [0.29, 0.717) is 18.2 Å². The van der Waals surface area contributed by atoms with Crippen LogP contribution >= 0.6 is 15.9 Å². The zero-order valence-electron chi connectivity index (χ0n) is 17.3. The molecule has 0 saturated heterocycles. The van der Waals surface area contributed by atoms with Gasteiger partial charge in [0.25, 0.3) is 0 Å². The number of fused-ring (bicyclic) bond motifs is 3. The van der Waals surface area contributed by atoms with Crippen molar-refractivity contribution in [3.63, 3.8) is 0 Å². The Labute approximate surface area is 192 Å². The lowest BCUT2D eigenvalue weighted by Gasteiger charge is -2.25. The van der Waals surface area contributed by atoms with Gasteiger partial charge in [-0.25, -0.2) is 15.0 Å². The van der Waals surface area contributed by atoms with E-state index in [2.05, 4.69) is 30.9 Å². The first-order valence-corrected chi connectivity index (χ1v) is 11.3. The average Bonchev–Trinajstić information content (AvgIpc) is 3.28. The van der Waals surface area contributed by atoms with Crippen molar-refractivity contribution in [3.8, 4) is 5.75 Å². The fourth-order valence-electron chi connectivity index (χ4n) is 5.39. The number of hydrogen-bond acceptors (Lipinski definition) is 7. The van der Waals surface area contributed by atoms with Crippen molar-refractivity contribution >= 4 is 43.7 Å². The summed E-state index contributed by atoms with van der Waals surface area (Å²) in [5.41, 5.74) is 7.78. The molecular weight excluding hydrogens is 474 g/mol. The molecule has 164 valence electrons. The largest absolute Gasteiger partial charge is 0.493 e. The lowest BCUT2D eigenvalue weighted by Crippen LogP contribution is -2.39. The Hall–Kier alpha value is -2.75. The summed E-state index contributed by atoms with van der Waals surface area (Å²) in [5, 5.41) is 23.8. The molecule has 0 aliphatic heterocycles. The van der Waals surface area contributed by atoms with E-state index in [1.165, 1.54) is 0 Å². The molecule has 2 aliphatic carbocycles. The molecule has 0 spiro atoms. The van der Waals surface area contributed by atoms with Crippen molar-refractivity contribution in [2.75, 3.05) is 12.3 Å². The Morgan fingerprint density at radius 2 is 2.09 bits per heavy atom. The van der Waals surface area contributed by atoms with Gasteiger partial charge in [0.05, 0.1) is 33.9 Å². The molecule has 3 heterocycles. The molecule has 2 saturated carbocycles. The number of nitrogens with zero attached hydrogens (tertiary/aromatic N) is 4. The molecule has 4 N–H and O–H groups in total. The number of aliphatic hydroxyl groups is 2. The summed E-state index contributed by atoms with van der Waals surface area (Å²) < 4.78 is 8.83. The van der Waals surface area contributed by atoms with Crippen LogP contribution in [0, 0.1) is 18.8 Å². The fraction of sp³-hybridized carbons (Fsp3) is 0.348. The summed E-state index contributed by atoms with van der Waals surface area (Å²) >= 11 is 3.39. The molecule has 32 heavy (non-hydrogen) atoms. The van der Waals surface area contributed by atoms with Crippen LogP contribution in [0.15, 0.2) is 47.3 Å². The van der Waals surface area contributed by atoms with Crippen molar-refractivity contribution in [2.45, 2.75) is 31.1 Å². The third-order valence-electron chi connectivity index (χ3n) is 7.16. The smallest absolute Gasteiger partial charge is 0.144 e. The Balaban J connectivity index is 1.26. The average molecular weight is 496 g/mol. The topological polar surface area (TPSA) is 119 Å². The van der Waals surface area contributed by atoms with Gasteiger partial charge in [-0.1, -0.05) is 0 Å². The predicted molar refractivity (Wildman–Crippen MR) is 123 cm³/mol. The molecule has 8 nitrogen and oxygen atoms in total. The second-order valence-electron chi connectivity index (χ2n) is 8.80. The van der Waals surface area contributed by atoms with Gasteiger partial charge in [-0.2, -0.15) is 0 Å². The number of nitrogen functional groups attached to an aromatic ring is 1. The summed E-state index contributed by atoms with van der Waals surface area (Å²) in [6, 6.07) is 9.55. The molecule has 0 radical (unpaired) electrons. The molecule has 9 heteroatoms. The van der Waals surface area contributed by atoms with E-state index in [0.717, 1.165) is 38.5 Å². The summed E-state index contributed by atoms with van der Waals surface area (Å²) in [4.78, 5) is 13.1. The van der Waals surface area contributed by atoms with Crippen molar-refractivity contribution < 1.29 is 14.9 Å². The number of aliphatic hydroxyl groups excluding tert-OH is 2. The van der Waals surface area contributed by atoms with Gasteiger partial charge in [0.15, 0.2) is 0 Å². The van der Waals surface area contributed by atoms with Crippen LogP contribution in [0.3, 0.4) is 0 Å². The Morgan fingerprint density at radius 3 is 2.94 bits per heavy atom. The first kappa shape index (κ1) is 19.9. The van der Waals surface area contributed by atoms with Crippen molar-refractivity contribution in [2.24, 2.45) is 11.8 Å². The molecule has 5 atom stereocenters. The minimum Gasteiger partial charge on any atom is -0.493 e. The fourth-order valence-corrected chi connectivity index (χ4v) is 5.72. The van der Waals surface area contributed by atoms with Crippen LogP contribution in [-0.2, 0) is 5.54 Å². The van der Waals surface area contributed by atoms with Gasteiger partial charge >= 0.3 is 0 Å². The quantitative estimate of drug-likeness (QED) is 0.398. The maximum atomic E-state index is 11.0. The third kappa shape index (κ3) is 2.71. The zero-order chi connectivity index (χ0) is 22.2. The Kier molecular flexibility index (Phi) is 4.27. The van der Waals surface area contributed by atoms with Gasteiger partial charge in [-0.05, 0) is 59.5 Å². The minimum absolute atomic E-state index is 0.101. The van der Waals surface area contributed by atoms with E-state index in [-0.39, 0.29) is 11.8 Å². The number of rotatable bonds is 4. The number of anilines is 1. The number of hydrogen-bond donors (Lipinski definition) is 3. The molecule has 2 aliphatic rings. The molecular formula is C23H22BrN5O3. The zero-order valence-corrected chi connectivity index (χ0v) is 18.9. The van der Waals surface area contributed by atoms with Crippen LogP contribution in [0.5, 0.6) is 5.75 Å². The highest BCUT2D eigenvalue weighted by Crippen LogP contribution is 2.64. The summed E-state index contributed by atoms with van der Waals surface area (Å²) in [6.07, 6.45) is 2.50. The van der Waals surface area contributed by atoms with Gasteiger partial charge in [-0.3, -0.25) is 0 Å². The molecule has 0 bridgehead atoms. The second kappa shape index (κ2) is 6.87. The van der Waals surface area contributed by atoms with Gasteiger partial charge in [0, 0.05) is 29.0 Å². The van der Waals surface area contributed by atoms with Crippen molar-refractivity contribution in [1.29, 1.82) is 0 Å². The highest BCUT2D eigenvalue weighted by atomic mass is 79.9. The van der Waals surface area contributed by atoms with Crippen LogP contribution in [0.2, 0.25) is 0 Å². The van der Waals surface area contributed by atoms with Crippen LogP contribution in [0.1, 0.15) is 12.1 Å². The lowest BCUT2D eigenvalue weighted by molar-refractivity contribution is -0.0250.